The van der Waals surface area contributed by atoms with Crippen molar-refractivity contribution in [2.75, 3.05) is 0 Å². The van der Waals surface area contributed by atoms with Crippen molar-refractivity contribution in [1.82, 2.24) is 18.9 Å². The van der Waals surface area contributed by atoms with Crippen LogP contribution in [0, 0.1) is 12.1 Å². The van der Waals surface area contributed by atoms with E-state index in [2.05, 4.69) is 112 Å². The van der Waals surface area contributed by atoms with Crippen molar-refractivity contribution in [1.29, 1.82) is 0 Å². The fraction of sp³-hybridized carbons (Fsp3) is 0.0500. The number of ether oxygens (including phenoxy) is 2. The Bertz CT molecular complexity index is 2750. The first-order chi connectivity index (χ1) is 23.0. The van der Waals surface area contributed by atoms with Crippen molar-refractivity contribution in [3.63, 3.8) is 0 Å². The molecule has 0 bridgehead atoms. The molecule has 0 atom stereocenters. The second-order valence-corrected chi connectivity index (χ2v) is 16.9. The van der Waals surface area contributed by atoms with E-state index in [0.29, 0.717) is 11.5 Å². The standard InChI is InChI=1S/C40H26N4O2Si.Pd/c1-47(2)37-15-6-5-14-35(37)46-36-23-31-30-12-8-18-41-40(30)44(34(31)24-38(36)47)25-9-7-10-26(21-25)45-27-16-17-28-29-11-3-4-13-33(29)43-20-19-42-39(43)32(28)22-27;/h3-20,23-24H,1-2H3;/q-2;+2. The molecule has 0 amide bonds. The topological polar surface area (TPSA) is 53.6 Å². The van der Waals surface area contributed by atoms with Gasteiger partial charge in [0.15, 0.2) is 0 Å². The van der Waals surface area contributed by atoms with E-state index in [4.69, 9.17) is 14.5 Å². The fourth-order valence-electron chi connectivity index (χ4n) is 7.29. The zero-order valence-electron chi connectivity index (χ0n) is 26.0. The minimum atomic E-state index is -2.04. The van der Waals surface area contributed by atoms with Gasteiger partial charge < -0.3 is 18.4 Å². The van der Waals surface area contributed by atoms with Crippen molar-refractivity contribution in [3.05, 3.63) is 134 Å². The van der Waals surface area contributed by atoms with Crippen LogP contribution in [0.15, 0.2) is 122 Å². The number of benzene rings is 5. The van der Waals surface area contributed by atoms with Gasteiger partial charge in [0.25, 0.3) is 0 Å². The van der Waals surface area contributed by atoms with Crippen molar-refractivity contribution >= 4 is 67.7 Å². The van der Waals surface area contributed by atoms with Gasteiger partial charge in [-0.25, -0.2) is 4.98 Å². The fourth-order valence-corrected chi connectivity index (χ4v) is 10.1. The normalized spacial score (nSPS) is 13.4. The Kier molecular flexibility index (Phi) is 6.40. The van der Waals surface area contributed by atoms with E-state index < -0.39 is 8.07 Å². The van der Waals surface area contributed by atoms with Crippen molar-refractivity contribution in [2.24, 2.45) is 0 Å². The Morgan fingerprint density at radius 3 is 2.40 bits per heavy atom. The Balaban J connectivity index is 0.00000314. The average molecular weight is 729 g/mol. The number of hydrogen-bond donors (Lipinski definition) is 0. The van der Waals surface area contributed by atoms with Gasteiger partial charge >= 0.3 is 20.4 Å². The maximum atomic E-state index is 6.51. The molecule has 232 valence electrons. The molecule has 0 unspecified atom stereocenters. The number of aromatic nitrogens is 4. The van der Waals surface area contributed by atoms with Crippen LogP contribution in [0.5, 0.6) is 23.0 Å². The molecule has 10 rings (SSSR count). The van der Waals surface area contributed by atoms with Crippen LogP contribution < -0.4 is 19.8 Å². The molecule has 0 spiro atoms. The van der Waals surface area contributed by atoms with Crippen LogP contribution in [0.4, 0.5) is 0 Å². The van der Waals surface area contributed by atoms with E-state index in [9.17, 15) is 0 Å². The summed E-state index contributed by atoms with van der Waals surface area (Å²) in [5, 5.41) is 7.87. The number of nitrogens with zero attached hydrogens (tertiary/aromatic N) is 4. The monoisotopic (exact) mass is 728 g/mol. The maximum absolute atomic E-state index is 6.51. The number of para-hydroxylation sites is 2. The van der Waals surface area contributed by atoms with Crippen molar-refractivity contribution in [3.8, 4) is 28.7 Å². The first-order valence-electron chi connectivity index (χ1n) is 15.7. The van der Waals surface area contributed by atoms with E-state index >= 15 is 0 Å². The number of imidazole rings is 1. The third kappa shape index (κ3) is 4.13. The number of rotatable bonds is 3. The summed E-state index contributed by atoms with van der Waals surface area (Å²) in [6.45, 7) is 4.79. The molecule has 1 aliphatic rings. The first kappa shape index (κ1) is 28.9. The van der Waals surface area contributed by atoms with Gasteiger partial charge in [-0.1, -0.05) is 72.0 Å². The molecule has 5 heterocycles. The predicted molar refractivity (Wildman–Crippen MR) is 190 cm³/mol. The molecule has 0 aliphatic carbocycles. The van der Waals surface area contributed by atoms with Crippen LogP contribution >= 0.6 is 0 Å². The molecule has 0 radical (unpaired) electrons. The third-order valence-corrected chi connectivity index (χ3v) is 13.0. The summed E-state index contributed by atoms with van der Waals surface area (Å²) in [4.78, 5) is 9.51. The molecule has 48 heavy (non-hydrogen) atoms. The van der Waals surface area contributed by atoms with Gasteiger partial charge in [-0.2, -0.15) is 6.07 Å². The van der Waals surface area contributed by atoms with Crippen LogP contribution in [0.25, 0.3) is 54.9 Å². The smallest absolute Gasteiger partial charge is 0.503 e. The molecule has 0 N–H and O–H groups in total. The molecule has 4 aromatic heterocycles. The number of fused-ring (bicyclic) bond motifs is 11. The van der Waals surface area contributed by atoms with E-state index in [1.807, 2.05) is 48.9 Å². The minimum Gasteiger partial charge on any atom is -0.503 e. The number of hydrogen-bond acceptors (Lipinski definition) is 4. The van der Waals surface area contributed by atoms with Gasteiger partial charge in [-0.3, -0.25) is 4.98 Å². The van der Waals surface area contributed by atoms with Crippen LogP contribution in [0.3, 0.4) is 0 Å². The second-order valence-electron chi connectivity index (χ2n) is 12.6. The van der Waals surface area contributed by atoms with E-state index in [1.54, 1.807) is 0 Å². The van der Waals surface area contributed by atoms with Gasteiger partial charge in [0.05, 0.1) is 11.2 Å². The molecule has 9 aromatic rings. The summed E-state index contributed by atoms with van der Waals surface area (Å²) in [5.74, 6) is 3.09. The van der Waals surface area contributed by atoms with E-state index in [-0.39, 0.29) is 20.4 Å². The minimum absolute atomic E-state index is 0. The third-order valence-electron chi connectivity index (χ3n) is 9.53. The number of pyridine rings is 2. The quantitative estimate of drug-likeness (QED) is 0.104. The predicted octanol–water partition coefficient (Wildman–Crippen LogP) is 8.45. The van der Waals surface area contributed by atoms with Gasteiger partial charge in [0, 0.05) is 46.4 Å². The van der Waals surface area contributed by atoms with Gasteiger partial charge in [-0.05, 0) is 52.2 Å². The Labute approximate surface area is 290 Å². The molecule has 0 fully saturated rings. The zero-order valence-corrected chi connectivity index (χ0v) is 28.5. The summed E-state index contributed by atoms with van der Waals surface area (Å²) in [6.07, 6.45) is 5.65. The maximum Gasteiger partial charge on any atom is 2.00 e. The van der Waals surface area contributed by atoms with Gasteiger partial charge in [0.1, 0.15) is 25.2 Å². The van der Waals surface area contributed by atoms with E-state index in [0.717, 1.165) is 66.4 Å². The molecule has 1 aliphatic heterocycles. The van der Waals surface area contributed by atoms with Crippen molar-refractivity contribution in [2.45, 2.75) is 13.1 Å². The van der Waals surface area contributed by atoms with Crippen LogP contribution in [0.1, 0.15) is 0 Å². The average Bonchev–Trinajstić information content (AvgIpc) is 3.72. The Morgan fingerprint density at radius 1 is 0.646 bits per heavy atom. The summed E-state index contributed by atoms with van der Waals surface area (Å²) < 4.78 is 17.3. The molecular weight excluding hydrogens is 703 g/mol. The summed E-state index contributed by atoms with van der Waals surface area (Å²) in [7, 11) is -2.04. The van der Waals surface area contributed by atoms with Crippen LogP contribution in [-0.4, -0.2) is 27.0 Å². The molecule has 6 nitrogen and oxygen atoms in total. The SMILES string of the molecule is C[Si]1(C)c2ccccc2Oc2cc3c4cccnc4n(-c4[c-]c(Oc5[c-]c6c(cc5)c5ccccc5n5ccnc65)ccc4)c3cc21.[Pd+2]. The van der Waals surface area contributed by atoms with Gasteiger partial charge in [-0.15, -0.1) is 30.3 Å². The first-order valence-corrected chi connectivity index (χ1v) is 18.7. The zero-order chi connectivity index (χ0) is 31.3. The second kappa shape index (κ2) is 10.6. The van der Waals surface area contributed by atoms with Crippen LogP contribution in [0.2, 0.25) is 13.1 Å². The molecule has 0 saturated carbocycles. The Hall–Kier alpha value is -5.26. The largest absolute Gasteiger partial charge is 2.00 e. The molecule has 5 aromatic carbocycles. The van der Waals surface area contributed by atoms with Crippen molar-refractivity contribution < 1.29 is 29.9 Å². The summed E-state index contributed by atoms with van der Waals surface area (Å²) >= 11 is 0. The molecule has 8 heteroatoms. The molecular formula is C40H26N4O2PdSi. The van der Waals surface area contributed by atoms with E-state index in [1.165, 1.54) is 10.4 Å². The Morgan fingerprint density at radius 2 is 1.46 bits per heavy atom. The summed E-state index contributed by atoms with van der Waals surface area (Å²) in [6, 6.07) is 42.5. The van der Waals surface area contributed by atoms with Gasteiger partial charge in [0.2, 0.25) is 0 Å². The van der Waals surface area contributed by atoms with Crippen LogP contribution in [-0.2, 0) is 20.4 Å². The summed E-state index contributed by atoms with van der Waals surface area (Å²) in [5.41, 5.74) is 4.74. The molecule has 0 saturated heterocycles.